The molecule has 7 heteroatoms. The van der Waals surface area contributed by atoms with Crippen LogP contribution in [0.5, 0.6) is 0 Å². The summed E-state index contributed by atoms with van der Waals surface area (Å²) >= 11 is 0. The minimum Gasteiger partial charge on any atom is -0.388 e. The van der Waals surface area contributed by atoms with Gasteiger partial charge in [-0.3, -0.25) is 0 Å². The van der Waals surface area contributed by atoms with Gasteiger partial charge in [-0.25, -0.2) is 0 Å². The lowest BCUT2D eigenvalue weighted by atomic mass is 9.99. The van der Waals surface area contributed by atoms with Gasteiger partial charge in [0.1, 0.15) is 0 Å². The van der Waals surface area contributed by atoms with Crippen LogP contribution in [0, 0.1) is 6.42 Å². The van der Waals surface area contributed by atoms with Crippen LogP contribution in [0.4, 0.5) is 26.3 Å². The number of aliphatic hydroxyl groups excluding tert-OH is 1. The summed E-state index contributed by atoms with van der Waals surface area (Å²) < 4.78 is 75.2. The maximum absolute atomic E-state index is 12.5. The molecule has 0 aromatic heterocycles. The van der Waals surface area contributed by atoms with E-state index in [2.05, 4.69) is 0 Å². The molecule has 0 bridgehead atoms. The summed E-state index contributed by atoms with van der Waals surface area (Å²) in [7, 11) is 0. The predicted octanol–water partition coefficient (Wildman–Crippen LogP) is 4.37. The number of hydrogen-bond acceptors (Lipinski definition) is 1. The Kier molecular flexibility index (Phi) is 4.50. The standard InChI is InChI=1S/C12H11F6O/c1-2-3-10(19)7-4-8(11(13,14)15)6-9(5-7)12(16,17)18/h2,4-6,10,19H,3H2,1H3. The molecule has 0 saturated carbocycles. The minimum atomic E-state index is -4.90. The fraction of sp³-hybridized carbons (Fsp3) is 0.417. The lowest BCUT2D eigenvalue weighted by Crippen LogP contribution is -2.13. The van der Waals surface area contributed by atoms with E-state index in [1.165, 1.54) is 6.42 Å². The van der Waals surface area contributed by atoms with Crippen LogP contribution in [0.2, 0.25) is 0 Å². The third kappa shape index (κ3) is 4.12. The van der Waals surface area contributed by atoms with E-state index in [1.54, 1.807) is 6.92 Å². The summed E-state index contributed by atoms with van der Waals surface area (Å²) in [4.78, 5) is 0. The molecule has 1 atom stereocenters. The molecule has 107 valence electrons. The van der Waals surface area contributed by atoms with Gasteiger partial charge in [0, 0.05) is 0 Å². The largest absolute Gasteiger partial charge is 0.416 e. The molecule has 1 unspecified atom stereocenters. The molecule has 19 heavy (non-hydrogen) atoms. The Hall–Kier alpha value is -1.24. The lowest BCUT2D eigenvalue weighted by molar-refractivity contribution is -0.143. The monoisotopic (exact) mass is 285 g/mol. The van der Waals surface area contributed by atoms with E-state index in [-0.39, 0.29) is 12.5 Å². The number of alkyl halides is 6. The van der Waals surface area contributed by atoms with Crippen molar-refractivity contribution in [2.24, 2.45) is 0 Å². The molecule has 1 radical (unpaired) electrons. The van der Waals surface area contributed by atoms with Gasteiger partial charge in [-0.15, -0.1) is 0 Å². The van der Waals surface area contributed by atoms with Crippen LogP contribution in [0.15, 0.2) is 18.2 Å². The van der Waals surface area contributed by atoms with Crippen molar-refractivity contribution in [2.75, 3.05) is 0 Å². The molecule has 0 aliphatic rings. The molecule has 1 aromatic rings. The normalized spacial score (nSPS) is 14.5. The summed E-state index contributed by atoms with van der Waals surface area (Å²) in [5, 5.41) is 9.53. The highest BCUT2D eigenvalue weighted by atomic mass is 19.4. The van der Waals surface area contributed by atoms with Gasteiger partial charge in [0.15, 0.2) is 0 Å². The molecule has 0 saturated heterocycles. The topological polar surface area (TPSA) is 20.2 Å². The van der Waals surface area contributed by atoms with Crippen molar-refractivity contribution in [2.45, 2.75) is 31.8 Å². The zero-order valence-corrected chi connectivity index (χ0v) is 9.81. The van der Waals surface area contributed by atoms with E-state index in [0.29, 0.717) is 12.1 Å². The average Bonchev–Trinajstić information content (AvgIpc) is 2.26. The average molecular weight is 285 g/mol. The smallest absolute Gasteiger partial charge is 0.388 e. The van der Waals surface area contributed by atoms with E-state index in [4.69, 9.17) is 0 Å². The quantitative estimate of drug-likeness (QED) is 0.817. The lowest BCUT2D eigenvalue weighted by Gasteiger charge is -2.16. The van der Waals surface area contributed by atoms with Crippen LogP contribution in [0.1, 0.15) is 36.1 Å². The first-order valence-electron chi connectivity index (χ1n) is 5.31. The molecule has 0 spiro atoms. The van der Waals surface area contributed by atoms with Crippen molar-refractivity contribution >= 4 is 0 Å². The summed E-state index contributed by atoms with van der Waals surface area (Å²) in [6.45, 7) is 1.54. The zero-order chi connectivity index (χ0) is 14.8. The van der Waals surface area contributed by atoms with Crippen LogP contribution in [0.3, 0.4) is 0 Å². The Bertz CT molecular complexity index is 403. The molecule has 1 rings (SSSR count). The van der Waals surface area contributed by atoms with Crippen LogP contribution in [-0.4, -0.2) is 5.11 Å². The van der Waals surface area contributed by atoms with Gasteiger partial charge in [0.25, 0.3) is 0 Å². The van der Waals surface area contributed by atoms with E-state index in [1.807, 2.05) is 0 Å². The highest BCUT2D eigenvalue weighted by molar-refractivity contribution is 5.34. The van der Waals surface area contributed by atoms with E-state index < -0.39 is 35.1 Å². The molecule has 1 nitrogen and oxygen atoms in total. The fourth-order valence-electron chi connectivity index (χ4n) is 1.53. The number of benzene rings is 1. The first kappa shape index (κ1) is 15.8. The van der Waals surface area contributed by atoms with E-state index in [9.17, 15) is 31.4 Å². The predicted molar refractivity (Wildman–Crippen MR) is 56.0 cm³/mol. The van der Waals surface area contributed by atoms with Crippen molar-refractivity contribution < 1.29 is 31.4 Å². The number of aliphatic hydroxyl groups is 1. The maximum atomic E-state index is 12.5. The Labute approximate surface area is 105 Å². The molecule has 0 aliphatic carbocycles. The Morgan fingerprint density at radius 3 is 1.74 bits per heavy atom. The molecule has 0 aliphatic heterocycles. The summed E-state index contributed by atoms with van der Waals surface area (Å²) in [6.07, 6.45) is -9.76. The van der Waals surface area contributed by atoms with Crippen molar-refractivity contribution in [1.29, 1.82) is 0 Å². The van der Waals surface area contributed by atoms with Crippen LogP contribution >= 0.6 is 0 Å². The zero-order valence-electron chi connectivity index (χ0n) is 9.81. The highest BCUT2D eigenvalue weighted by Gasteiger charge is 2.37. The van der Waals surface area contributed by atoms with E-state index in [0.717, 1.165) is 0 Å². The summed E-state index contributed by atoms with van der Waals surface area (Å²) in [6, 6.07) is 1.10. The SMILES string of the molecule is C[CH]CC(O)c1cc(C(F)(F)F)cc(C(F)(F)F)c1. The second-order valence-electron chi connectivity index (χ2n) is 4.00. The molecular weight excluding hydrogens is 274 g/mol. The molecular formula is C12H11F6O. The van der Waals surface area contributed by atoms with Crippen LogP contribution in [-0.2, 0) is 12.4 Å². The van der Waals surface area contributed by atoms with Gasteiger partial charge >= 0.3 is 12.4 Å². The summed E-state index contributed by atoms with van der Waals surface area (Å²) in [5.74, 6) is 0. The number of hydrogen-bond donors (Lipinski definition) is 1. The Balaban J connectivity index is 3.33. The second-order valence-corrected chi connectivity index (χ2v) is 4.00. The number of halogens is 6. The maximum Gasteiger partial charge on any atom is 0.416 e. The summed E-state index contributed by atoms with van der Waals surface area (Å²) in [5.41, 5.74) is -3.25. The third-order valence-electron chi connectivity index (χ3n) is 2.45. The Morgan fingerprint density at radius 1 is 1.00 bits per heavy atom. The van der Waals surface area contributed by atoms with Crippen LogP contribution < -0.4 is 0 Å². The molecule has 0 fully saturated rings. The van der Waals surface area contributed by atoms with Gasteiger partial charge in [0.2, 0.25) is 0 Å². The third-order valence-corrected chi connectivity index (χ3v) is 2.45. The minimum absolute atomic E-state index is 0.0292. The fourth-order valence-corrected chi connectivity index (χ4v) is 1.53. The number of rotatable bonds is 3. The van der Waals surface area contributed by atoms with Gasteiger partial charge in [-0.05, 0) is 36.6 Å². The van der Waals surface area contributed by atoms with E-state index >= 15 is 0 Å². The van der Waals surface area contributed by atoms with Crippen LogP contribution in [0.25, 0.3) is 0 Å². The molecule has 1 N–H and O–H groups in total. The van der Waals surface area contributed by atoms with Gasteiger partial charge in [-0.2, -0.15) is 26.3 Å². The second kappa shape index (κ2) is 5.40. The van der Waals surface area contributed by atoms with Gasteiger partial charge in [-0.1, -0.05) is 6.92 Å². The Morgan fingerprint density at radius 2 is 1.42 bits per heavy atom. The molecule has 0 amide bonds. The molecule has 1 aromatic carbocycles. The van der Waals surface area contributed by atoms with Crippen molar-refractivity contribution in [3.05, 3.63) is 41.3 Å². The van der Waals surface area contributed by atoms with Crippen molar-refractivity contribution in [3.63, 3.8) is 0 Å². The van der Waals surface area contributed by atoms with Gasteiger partial charge in [0.05, 0.1) is 17.2 Å². The van der Waals surface area contributed by atoms with Gasteiger partial charge < -0.3 is 5.11 Å². The first-order valence-corrected chi connectivity index (χ1v) is 5.31. The molecule has 0 heterocycles. The van der Waals surface area contributed by atoms with Crippen molar-refractivity contribution in [3.8, 4) is 0 Å². The highest BCUT2D eigenvalue weighted by Crippen LogP contribution is 2.37. The first-order chi connectivity index (χ1) is 8.55. The van der Waals surface area contributed by atoms with Crippen molar-refractivity contribution in [1.82, 2.24) is 0 Å².